The molecule has 7 heteroatoms. The molecule has 2 aliphatic rings. The smallest absolute Gasteiger partial charge is 0.410 e. The van der Waals surface area contributed by atoms with Crippen LogP contribution >= 0.6 is 15.9 Å². The van der Waals surface area contributed by atoms with Crippen LogP contribution in [-0.4, -0.2) is 53.6 Å². The average Bonchev–Trinajstić information content (AvgIpc) is 3.06. The summed E-state index contributed by atoms with van der Waals surface area (Å²) in [6.45, 7) is 7.90. The van der Waals surface area contributed by atoms with Gasteiger partial charge in [0.05, 0.1) is 4.47 Å². The van der Waals surface area contributed by atoms with E-state index in [9.17, 15) is 14.0 Å². The van der Waals surface area contributed by atoms with Crippen LogP contribution in [0.2, 0.25) is 0 Å². The monoisotopic (exact) mass is 412 g/mol. The lowest BCUT2D eigenvalue weighted by atomic mass is 10.0. The summed E-state index contributed by atoms with van der Waals surface area (Å²) in [4.78, 5) is 28.2. The minimum absolute atomic E-state index is 0.162. The molecular formula is C18H22BrFN2O3. The normalized spacial score (nSPS) is 22.9. The van der Waals surface area contributed by atoms with E-state index in [1.165, 1.54) is 6.07 Å². The number of rotatable bonds is 1. The molecule has 1 aromatic rings. The number of amides is 2. The molecule has 0 aliphatic carbocycles. The molecule has 0 bridgehead atoms. The third-order valence-electron chi connectivity index (χ3n) is 4.59. The topological polar surface area (TPSA) is 49.9 Å². The predicted octanol–water partition coefficient (Wildman–Crippen LogP) is 3.53. The highest BCUT2D eigenvalue weighted by atomic mass is 79.9. The van der Waals surface area contributed by atoms with Crippen LogP contribution in [0.1, 0.15) is 31.1 Å². The zero-order valence-electron chi connectivity index (χ0n) is 14.6. The van der Waals surface area contributed by atoms with Crippen molar-refractivity contribution in [1.29, 1.82) is 0 Å². The van der Waals surface area contributed by atoms with Crippen LogP contribution in [0.25, 0.3) is 0 Å². The third-order valence-corrected chi connectivity index (χ3v) is 5.23. The number of halogens is 2. The standard InChI is InChI=1S/C18H22BrFN2O3/c1-18(2,3)25-17(24)22-9-12-7-21(8-13(12)10-22)16(23)11-4-5-14(19)15(20)6-11/h4-6,12-13H,7-10H2,1-3H3/t12-,13+. The van der Waals surface area contributed by atoms with Crippen molar-refractivity contribution in [3.05, 3.63) is 34.1 Å². The second-order valence-corrected chi connectivity index (χ2v) is 8.60. The number of hydrogen-bond acceptors (Lipinski definition) is 3. The molecule has 136 valence electrons. The molecule has 25 heavy (non-hydrogen) atoms. The van der Waals surface area contributed by atoms with Crippen LogP contribution in [0.5, 0.6) is 0 Å². The first-order chi connectivity index (χ1) is 11.6. The molecule has 0 spiro atoms. The molecular weight excluding hydrogens is 391 g/mol. The highest BCUT2D eigenvalue weighted by molar-refractivity contribution is 9.10. The van der Waals surface area contributed by atoms with Crippen LogP contribution < -0.4 is 0 Å². The lowest BCUT2D eigenvalue weighted by molar-refractivity contribution is 0.0275. The fraction of sp³-hybridized carbons (Fsp3) is 0.556. The first-order valence-corrected chi connectivity index (χ1v) is 9.15. The Morgan fingerprint density at radius 1 is 1.12 bits per heavy atom. The number of likely N-dealkylation sites (tertiary alicyclic amines) is 2. The molecule has 0 unspecified atom stereocenters. The van der Waals surface area contributed by atoms with Crippen molar-refractivity contribution in [2.24, 2.45) is 11.8 Å². The van der Waals surface area contributed by atoms with Gasteiger partial charge in [-0.05, 0) is 54.9 Å². The van der Waals surface area contributed by atoms with Crippen molar-refractivity contribution in [2.45, 2.75) is 26.4 Å². The summed E-state index contributed by atoms with van der Waals surface area (Å²) < 4.78 is 19.4. The van der Waals surface area contributed by atoms with Gasteiger partial charge in [0, 0.05) is 43.6 Å². The second kappa shape index (κ2) is 6.59. The first kappa shape index (κ1) is 18.2. The average molecular weight is 413 g/mol. The summed E-state index contributed by atoms with van der Waals surface area (Å²) >= 11 is 3.09. The molecule has 0 aromatic heterocycles. The largest absolute Gasteiger partial charge is 0.444 e. The maximum Gasteiger partial charge on any atom is 0.410 e. The molecule has 0 radical (unpaired) electrons. The van der Waals surface area contributed by atoms with Crippen LogP contribution in [0, 0.1) is 17.7 Å². The Bertz CT molecular complexity index is 690. The summed E-state index contributed by atoms with van der Waals surface area (Å²) in [5, 5.41) is 0. The van der Waals surface area contributed by atoms with E-state index in [-0.39, 0.29) is 23.8 Å². The van der Waals surface area contributed by atoms with E-state index >= 15 is 0 Å². The molecule has 2 fully saturated rings. The second-order valence-electron chi connectivity index (χ2n) is 7.74. The van der Waals surface area contributed by atoms with Gasteiger partial charge in [0.1, 0.15) is 11.4 Å². The van der Waals surface area contributed by atoms with Crippen molar-refractivity contribution in [1.82, 2.24) is 9.80 Å². The zero-order valence-corrected chi connectivity index (χ0v) is 16.2. The van der Waals surface area contributed by atoms with Gasteiger partial charge in [-0.2, -0.15) is 0 Å². The summed E-state index contributed by atoms with van der Waals surface area (Å²) in [5.41, 5.74) is -0.160. The van der Waals surface area contributed by atoms with Crippen LogP contribution in [0.15, 0.2) is 22.7 Å². The number of fused-ring (bicyclic) bond motifs is 1. The molecule has 2 amide bonds. The van der Waals surface area contributed by atoms with Crippen molar-refractivity contribution in [3.63, 3.8) is 0 Å². The Morgan fingerprint density at radius 2 is 1.68 bits per heavy atom. The summed E-state index contributed by atoms with van der Waals surface area (Å²) in [7, 11) is 0. The Morgan fingerprint density at radius 3 is 2.20 bits per heavy atom. The van der Waals surface area contributed by atoms with Crippen molar-refractivity contribution in [2.75, 3.05) is 26.2 Å². The van der Waals surface area contributed by atoms with Crippen LogP contribution in [0.3, 0.4) is 0 Å². The number of carbonyl (C=O) groups is 2. The van der Waals surface area contributed by atoms with E-state index < -0.39 is 11.4 Å². The van der Waals surface area contributed by atoms with Crippen molar-refractivity contribution >= 4 is 27.9 Å². The van der Waals surface area contributed by atoms with Gasteiger partial charge in [-0.3, -0.25) is 4.79 Å². The number of hydrogen-bond donors (Lipinski definition) is 0. The van der Waals surface area contributed by atoms with E-state index in [1.54, 1.807) is 21.9 Å². The van der Waals surface area contributed by atoms with Crippen LogP contribution in [0.4, 0.5) is 9.18 Å². The maximum atomic E-state index is 13.7. The first-order valence-electron chi connectivity index (χ1n) is 8.36. The Labute approximate surface area is 155 Å². The molecule has 2 aliphatic heterocycles. The molecule has 0 saturated carbocycles. The maximum absolute atomic E-state index is 13.7. The summed E-state index contributed by atoms with van der Waals surface area (Å²) in [6, 6.07) is 4.42. The Balaban J connectivity index is 1.60. The highest BCUT2D eigenvalue weighted by Crippen LogP contribution is 2.33. The van der Waals surface area contributed by atoms with E-state index in [4.69, 9.17) is 4.74 Å². The van der Waals surface area contributed by atoms with E-state index in [0.717, 1.165) is 0 Å². The van der Waals surface area contributed by atoms with Gasteiger partial charge in [0.25, 0.3) is 5.91 Å². The van der Waals surface area contributed by atoms with Gasteiger partial charge < -0.3 is 14.5 Å². The number of carbonyl (C=O) groups excluding carboxylic acids is 2. The lowest BCUT2D eigenvalue weighted by Gasteiger charge is -2.26. The van der Waals surface area contributed by atoms with E-state index in [1.807, 2.05) is 20.8 Å². The fourth-order valence-electron chi connectivity index (χ4n) is 3.45. The number of nitrogens with zero attached hydrogens (tertiary/aromatic N) is 2. The number of benzene rings is 1. The van der Waals surface area contributed by atoms with Crippen LogP contribution in [-0.2, 0) is 4.74 Å². The Hall–Kier alpha value is -1.63. The molecule has 2 atom stereocenters. The quantitative estimate of drug-likeness (QED) is 0.708. The predicted molar refractivity (Wildman–Crippen MR) is 94.8 cm³/mol. The van der Waals surface area contributed by atoms with Gasteiger partial charge in [0.15, 0.2) is 0 Å². The van der Waals surface area contributed by atoms with Gasteiger partial charge in [0.2, 0.25) is 0 Å². The Kier molecular flexibility index (Phi) is 4.79. The van der Waals surface area contributed by atoms with Gasteiger partial charge in [-0.1, -0.05) is 0 Å². The zero-order chi connectivity index (χ0) is 18.4. The fourth-order valence-corrected chi connectivity index (χ4v) is 3.69. The summed E-state index contributed by atoms with van der Waals surface area (Å²) in [6.07, 6.45) is -0.297. The summed E-state index contributed by atoms with van der Waals surface area (Å²) in [5.74, 6) is -0.112. The molecule has 0 N–H and O–H groups in total. The lowest BCUT2D eigenvalue weighted by Crippen LogP contribution is -2.38. The van der Waals surface area contributed by atoms with E-state index in [2.05, 4.69) is 15.9 Å². The van der Waals surface area contributed by atoms with Gasteiger partial charge in [-0.15, -0.1) is 0 Å². The SMILES string of the molecule is CC(C)(C)OC(=O)N1C[C@@H]2CN(C(=O)c3ccc(Br)c(F)c3)C[C@@H]2C1. The molecule has 3 rings (SSSR count). The van der Waals surface area contributed by atoms with Gasteiger partial charge in [-0.25, -0.2) is 9.18 Å². The van der Waals surface area contributed by atoms with Gasteiger partial charge >= 0.3 is 6.09 Å². The molecule has 2 heterocycles. The van der Waals surface area contributed by atoms with E-state index in [0.29, 0.717) is 36.2 Å². The highest BCUT2D eigenvalue weighted by Gasteiger charge is 2.44. The third kappa shape index (κ3) is 3.97. The number of ether oxygens (including phenoxy) is 1. The molecule has 5 nitrogen and oxygen atoms in total. The van der Waals surface area contributed by atoms with Crippen molar-refractivity contribution in [3.8, 4) is 0 Å². The minimum atomic E-state index is -0.511. The minimum Gasteiger partial charge on any atom is -0.444 e. The molecule has 2 saturated heterocycles. The van der Waals surface area contributed by atoms with Crippen molar-refractivity contribution < 1.29 is 18.7 Å². The molecule has 1 aromatic carbocycles.